The van der Waals surface area contributed by atoms with Crippen LogP contribution in [0.15, 0.2) is 0 Å². The van der Waals surface area contributed by atoms with Crippen LogP contribution in [0.1, 0.15) is 6.42 Å². The van der Waals surface area contributed by atoms with Gasteiger partial charge in [0.15, 0.2) is 0 Å². The molecule has 0 aromatic heterocycles. The van der Waals surface area contributed by atoms with E-state index >= 15 is 0 Å². The van der Waals surface area contributed by atoms with Crippen molar-refractivity contribution >= 4 is 0 Å². The lowest BCUT2D eigenvalue weighted by Crippen LogP contribution is -2.29. The zero-order chi connectivity index (χ0) is 6.69. The molecule has 0 aliphatic carbocycles. The summed E-state index contributed by atoms with van der Waals surface area (Å²) in [5.74, 6) is 4.97. The fraction of sp³-hybridized carbons (Fsp3) is 1.00. The molecule has 1 saturated heterocycles. The van der Waals surface area contributed by atoms with Crippen LogP contribution >= 0.6 is 0 Å². The predicted molar refractivity (Wildman–Crippen MR) is 34.5 cm³/mol. The van der Waals surface area contributed by atoms with Gasteiger partial charge in [-0.3, -0.25) is 4.84 Å². The summed E-state index contributed by atoms with van der Waals surface area (Å²) in [5.41, 5.74) is 5.39. The van der Waals surface area contributed by atoms with Gasteiger partial charge in [-0.05, 0) is 6.42 Å². The second kappa shape index (κ2) is 3.12. The number of rotatable bonds is 2. The van der Waals surface area contributed by atoms with E-state index in [9.17, 15) is 0 Å². The molecule has 5 N–H and O–H groups in total. The molecular weight excluding hydrogens is 118 g/mol. The second-order valence-electron chi connectivity index (χ2n) is 2.33. The minimum atomic E-state index is 0.165. The zero-order valence-corrected chi connectivity index (χ0v) is 5.34. The highest BCUT2D eigenvalue weighted by atomic mass is 16.6. The van der Waals surface area contributed by atoms with E-state index in [2.05, 4.69) is 10.2 Å². The van der Waals surface area contributed by atoms with E-state index in [0.717, 1.165) is 13.0 Å². The van der Waals surface area contributed by atoms with Crippen molar-refractivity contribution in [3.8, 4) is 0 Å². The normalized spacial score (nSPS) is 35.3. The van der Waals surface area contributed by atoms with E-state index in [-0.39, 0.29) is 6.10 Å². The van der Waals surface area contributed by atoms with E-state index < -0.39 is 0 Å². The van der Waals surface area contributed by atoms with Crippen LogP contribution in [-0.4, -0.2) is 25.2 Å². The van der Waals surface area contributed by atoms with Gasteiger partial charge >= 0.3 is 0 Å². The number of hydrogen-bond acceptors (Lipinski definition) is 4. The largest absolute Gasteiger partial charge is 0.329 e. The van der Waals surface area contributed by atoms with Gasteiger partial charge in [0.2, 0.25) is 0 Å². The standard InChI is InChI=1S/C5H13N3O/c6-2-4-1-5(9-7)3-8-4/h4-5,8H,1-3,6-7H2/t4-,5-/m0/s1. The van der Waals surface area contributed by atoms with Crippen LogP contribution in [0.3, 0.4) is 0 Å². The molecule has 2 atom stereocenters. The topological polar surface area (TPSA) is 73.3 Å². The third kappa shape index (κ3) is 1.62. The SMILES string of the molecule is NC[C@@H]1C[C@H](ON)CN1. The maximum Gasteiger partial charge on any atom is 0.0926 e. The first-order chi connectivity index (χ1) is 4.36. The number of nitrogens with one attached hydrogen (secondary N) is 1. The summed E-state index contributed by atoms with van der Waals surface area (Å²) in [6, 6.07) is 0.401. The van der Waals surface area contributed by atoms with Crippen LogP contribution in [0.4, 0.5) is 0 Å². The molecule has 1 fully saturated rings. The molecular formula is C5H13N3O. The molecule has 4 heteroatoms. The van der Waals surface area contributed by atoms with E-state index in [0.29, 0.717) is 12.6 Å². The van der Waals surface area contributed by atoms with Gasteiger partial charge in [-0.2, -0.15) is 0 Å². The maximum atomic E-state index is 5.39. The lowest BCUT2D eigenvalue weighted by Gasteiger charge is -2.04. The highest BCUT2D eigenvalue weighted by molar-refractivity contribution is 4.81. The lowest BCUT2D eigenvalue weighted by atomic mass is 10.2. The Morgan fingerprint density at radius 1 is 1.67 bits per heavy atom. The van der Waals surface area contributed by atoms with Crippen molar-refractivity contribution in [3.05, 3.63) is 0 Å². The molecule has 1 aliphatic rings. The number of hydrogen-bond donors (Lipinski definition) is 3. The average Bonchev–Trinajstić information content (AvgIpc) is 2.34. The molecule has 0 unspecified atom stereocenters. The minimum Gasteiger partial charge on any atom is -0.329 e. The molecule has 0 aromatic carbocycles. The molecule has 0 radical (unpaired) electrons. The van der Waals surface area contributed by atoms with Crippen LogP contribution in [0.2, 0.25) is 0 Å². The third-order valence-corrected chi connectivity index (χ3v) is 1.66. The number of nitrogens with two attached hydrogens (primary N) is 2. The van der Waals surface area contributed by atoms with Gasteiger partial charge in [0.1, 0.15) is 0 Å². The predicted octanol–water partition coefficient (Wildman–Crippen LogP) is -1.43. The summed E-state index contributed by atoms with van der Waals surface area (Å²) in [6.45, 7) is 1.50. The first-order valence-electron chi connectivity index (χ1n) is 3.15. The first kappa shape index (κ1) is 6.95. The molecule has 9 heavy (non-hydrogen) atoms. The summed E-state index contributed by atoms with van der Waals surface area (Å²) in [7, 11) is 0. The van der Waals surface area contributed by atoms with E-state index in [4.69, 9.17) is 11.6 Å². The monoisotopic (exact) mass is 131 g/mol. The Bertz CT molecular complexity index is 78.3. The van der Waals surface area contributed by atoms with Gasteiger partial charge in [0, 0.05) is 19.1 Å². The van der Waals surface area contributed by atoms with Crippen molar-refractivity contribution in [1.29, 1.82) is 0 Å². The van der Waals surface area contributed by atoms with Crippen molar-refractivity contribution in [2.75, 3.05) is 13.1 Å². The Morgan fingerprint density at radius 3 is 2.78 bits per heavy atom. The van der Waals surface area contributed by atoms with Gasteiger partial charge in [-0.25, -0.2) is 5.90 Å². The first-order valence-corrected chi connectivity index (χ1v) is 3.15. The highest BCUT2D eigenvalue weighted by Crippen LogP contribution is 2.06. The van der Waals surface area contributed by atoms with Gasteiger partial charge in [0.25, 0.3) is 0 Å². The molecule has 0 spiro atoms. The van der Waals surface area contributed by atoms with Crippen molar-refractivity contribution < 1.29 is 4.84 Å². The molecule has 0 bridgehead atoms. The van der Waals surface area contributed by atoms with Crippen LogP contribution in [0.5, 0.6) is 0 Å². The Kier molecular flexibility index (Phi) is 2.41. The van der Waals surface area contributed by atoms with Crippen molar-refractivity contribution in [3.63, 3.8) is 0 Å². The summed E-state index contributed by atoms with van der Waals surface area (Å²) < 4.78 is 0. The summed E-state index contributed by atoms with van der Waals surface area (Å²) in [4.78, 5) is 4.63. The molecule has 4 nitrogen and oxygen atoms in total. The molecule has 1 heterocycles. The van der Waals surface area contributed by atoms with Crippen molar-refractivity contribution in [2.24, 2.45) is 11.6 Å². The Hall–Kier alpha value is -0.160. The Labute approximate surface area is 54.5 Å². The zero-order valence-electron chi connectivity index (χ0n) is 5.34. The van der Waals surface area contributed by atoms with Crippen LogP contribution in [-0.2, 0) is 4.84 Å². The smallest absolute Gasteiger partial charge is 0.0926 e. The molecule has 0 amide bonds. The highest BCUT2D eigenvalue weighted by Gasteiger charge is 2.22. The van der Waals surface area contributed by atoms with Gasteiger partial charge in [0.05, 0.1) is 6.10 Å². The van der Waals surface area contributed by atoms with Crippen LogP contribution < -0.4 is 16.9 Å². The van der Waals surface area contributed by atoms with Gasteiger partial charge in [-0.15, -0.1) is 0 Å². The Morgan fingerprint density at radius 2 is 2.44 bits per heavy atom. The van der Waals surface area contributed by atoms with E-state index in [1.807, 2.05) is 0 Å². The van der Waals surface area contributed by atoms with Gasteiger partial charge < -0.3 is 11.1 Å². The summed E-state index contributed by atoms with van der Waals surface area (Å²) >= 11 is 0. The maximum absolute atomic E-state index is 5.39. The quantitative estimate of drug-likeness (QED) is 0.401. The fourth-order valence-corrected chi connectivity index (χ4v) is 1.07. The fourth-order valence-electron chi connectivity index (χ4n) is 1.07. The summed E-state index contributed by atoms with van der Waals surface area (Å²) in [6.07, 6.45) is 1.10. The average molecular weight is 131 g/mol. The molecule has 1 aliphatic heterocycles. The molecule has 54 valence electrons. The lowest BCUT2D eigenvalue weighted by molar-refractivity contribution is 0.0662. The summed E-state index contributed by atoms with van der Waals surface area (Å²) in [5, 5.41) is 3.18. The van der Waals surface area contributed by atoms with E-state index in [1.54, 1.807) is 0 Å². The minimum absolute atomic E-state index is 0.165. The van der Waals surface area contributed by atoms with Crippen LogP contribution in [0.25, 0.3) is 0 Å². The molecule has 1 rings (SSSR count). The Balaban J connectivity index is 2.20. The van der Waals surface area contributed by atoms with Crippen LogP contribution in [0, 0.1) is 0 Å². The third-order valence-electron chi connectivity index (χ3n) is 1.66. The van der Waals surface area contributed by atoms with Crippen molar-refractivity contribution in [2.45, 2.75) is 18.6 Å². The second-order valence-corrected chi connectivity index (χ2v) is 2.33. The van der Waals surface area contributed by atoms with Crippen molar-refractivity contribution in [1.82, 2.24) is 5.32 Å². The molecule has 0 saturated carbocycles. The van der Waals surface area contributed by atoms with E-state index in [1.165, 1.54) is 0 Å². The van der Waals surface area contributed by atoms with Gasteiger partial charge in [-0.1, -0.05) is 0 Å². The molecule has 0 aromatic rings.